The highest BCUT2D eigenvalue weighted by Crippen LogP contribution is 2.44. The SMILES string of the molecule is C(=C=C1c2ccccc2Sc2ccccc21)=C1C=C(c2ccccc2)OC(c2ccccc2)=C1. The Balaban J connectivity index is 1.57. The molecule has 0 aliphatic carbocycles. The maximum absolute atomic E-state index is 6.32. The van der Waals surface area contributed by atoms with Gasteiger partial charge in [0.2, 0.25) is 0 Å². The predicted octanol–water partition coefficient (Wildman–Crippen LogP) is 8.38. The van der Waals surface area contributed by atoms with Gasteiger partial charge in [0.05, 0.1) is 0 Å². The van der Waals surface area contributed by atoms with Gasteiger partial charge in [-0.1, -0.05) is 120 Å². The van der Waals surface area contributed by atoms with Crippen LogP contribution in [0.5, 0.6) is 0 Å². The van der Waals surface area contributed by atoms with E-state index in [2.05, 4.69) is 84.3 Å². The molecule has 0 radical (unpaired) electrons. The third-order valence-electron chi connectivity index (χ3n) is 5.77. The molecular formula is C32H20OS. The van der Waals surface area contributed by atoms with Crippen LogP contribution in [0.1, 0.15) is 22.3 Å². The smallest absolute Gasteiger partial charge is 0.135 e. The normalized spacial score (nSPS) is 14.0. The summed E-state index contributed by atoms with van der Waals surface area (Å²) in [7, 11) is 0. The van der Waals surface area contributed by atoms with Crippen molar-refractivity contribution in [2.45, 2.75) is 9.79 Å². The Morgan fingerprint density at radius 3 is 1.50 bits per heavy atom. The fourth-order valence-corrected chi connectivity index (χ4v) is 5.21. The van der Waals surface area contributed by atoms with Gasteiger partial charge in [-0.05, 0) is 24.3 Å². The molecule has 0 N–H and O–H groups in total. The summed E-state index contributed by atoms with van der Waals surface area (Å²) in [6.45, 7) is 0. The summed E-state index contributed by atoms with van der Waals surface area (Å²) < 4.78 is 6.32. The van der Waals surface area contributed by atoms with Crippen LogP contribution in [0.2, 0.25) is 0 Å². The summed E-state index contributed by atoms with van der Waals surface area (Å²) in [5, 5.41) is 0. The van der Waals surface area contributed by atoms with Gasteiger partial charge in [-0.2, -0.15) is 0 Å². The average Bonchev–Trinajstić information content (AvgIpc) is 2.92. The van der Waals surface area contributed by atoms with Crippen molar-refractivity contribution < 1.29 is 4.74 Å². The van der Waals surface area contributed by atoms with Gasteiger partial charge in [-0.25, -0.2) is 0 Å². The molecule has 0 aromatic heterocycles. The van der Waals surface area contributed by atoms with E-state index < -0.39 is 0 Å². The fourth-order valence-electron chi connectivity index (χ4n) is 4.12. The Kier molecular flexibility index (Phi) is 5.39. The van der Waals surface area contributed by atoms with Crippen molar-refractivity contribution in [3.63, 3.8) is 0 Å². The Bertz CT molecular complexity index is 1440. The third kappa shape index (κ3) is 3.99. The van der Waals surface area contributed by atoms with E-state index in [4.69, 9.17) is 4.74 Å². The van der Waals surface area contributed by atoms with Crippen LogP contribution in [0.4, 0.5) is 0 Å². The zero-order chi connectivity index (χ0) is 22.7. The van der Waals surface area contributed by atoms with E-state index >= 15 is 0 Å². The molecule has 0 amide bonds. The van der Waals surface area contributed by atoms with Gasteiger partial charge in [-0.3, -0.25) is 0 Å². The van der Waals surface area contributed by atoms with Crippen LogP contribution in [-0.4, -0.2) is 0 Å². The first kappa shape index (κ1) is 20.4. The number of benzene rings is 4. The summed E-state index contributed by atoms with van der Waals surface area (Å²) in [5.41, 5.74) is 13.4. The van der Waals surface area contributed by atoms with Gasteiger partial charge in [-0.15, -0.1) is 0 Å². The maximum Gasteiger partial charge on any atom is 0.135 e. The molecule has 2 aliphatic heterocycles. The van der Waals surface area contributed by atoms with Crippen LogP contribution in [-0.2, 0) is 4.74 Å². The topological polar surface area (TPSA) is 9.23 Å². The molecule has 0 spiro atoms. The van der Waals surface area contributed by atoms with Crippen molar-refractivity contribution >= 4 is 28.9 Å². The van der Waals surface area contributed by atoms with E-state index in [-0.39, 0.29) is 0 Å². The number of ether oxygens (including phenoxy) is 1. The summed E-state index contributed by atoms with van der Waals surface area (Å²) in [4.78, 5) is 2.48. The van der Waals surface area contributed by atoms with Crippen LogP contribution in [0, 0.1) is 0 Å². The van der Waals surface area contributed by atoms with E-state index in [1.807, 2.05) is 48.6 Å². The zero-order valence-electron chi connectivity index (χ0n) is 18.4. The van der Waals surface area contributed by atoms with E-state index in [9.17, 15) is 0 Å². The first-order chi connectivity index (χ1) is 16.8. The number of hydrogen-bond donors (Lipinski definition) is 0. The van der Waals surface area contributed by atoms with Gasteiger partial charge in [0.1, 0.15) is 11.5 Å². The Morgan fingerprint density at radius 1 is 0.500 bits per heavy atom. The molecule has 2 heterocycles. The summed E-state index contributed by atoms with van der Waals surface area (Å²) in [6.07, 6.45) is 4.06. The molecule has 1 nitrogen and oxygen atoms in total. The first-order valence-corrected chi connectivity index (χ1v) is 12.0. The molecule has 0 fully saturated rings. The number of hydrogen-bond acceptors (Lipinski definition) is 2. The van der Waals surface area contributed by atoms with E-state index in [0.29, 0.717) is 0 Å². The molecule has 160 valence electrons. The second-order valence-corrected chi connectivity index (χ2v) is 9.11. The fraction of sp³-hybridized carbons (Fsp3) is 0. The predicted molar refractivity (Wildman–Crippen MR) is 140 cm³/mol. The maximum atomic E-state index is 6.32. The molecular weight excluding hydrogens is 432 g/mol. The highest BCUT2D eigenvalue weighted by molar-refractivity contribution is 7.99. The van der Waals surface area contributed by atoms with Crippen molar-refractivity contribution in [1.82, 2.24) is 0 Å². The van der Waals surface area contributed by atoms with Crippen LogP contribution >= 0.6 is 11.8 Å². The van der Waals surface area contributed by atoms with E-state index in [1.165, 1.54) is 20.9 Å². The van der Waals surface area contributed by atoms with Gasteiger partial charge in [0.25, 0.3) is 0 Å². The largest absolute Gasteiger partial charge is 0.456 e. The van der Waals surface area contributed by atoms with E-state index in [0.717, 1.165) is 33.8 Å². The lowest BCUT2D eigenvalue weighted by Crippen LogP contribution is -1.99. The minimum atomic E-state index is 0.802. The average molecular weight is 453 g/mol. The second kappa shape index (κ2) is 8.98. The zero-order valence-corrected chi connectivity index (χ0v) is 19.2. The summed E-state index contributed by atoms with van der Waals surface area (Å²) in [6, 6.07) is 37.3. The minimum Gasteiger partial charge on any atom is -0.456 e. The molecule has 0 saturated heterocycles. The molecule has 0 unspecified atom stereocenters. The lowest BCUT2D eigenvalue weighted by atomic mass is 9.98. The number of fused-ring (bicyclic) bond motifs is 2. The van der Waals surface area contributed by atoms with Crippen molar-refractivity contribution in [3.8, 4) is 0 Å². The minimum absolute atomic E-state index is 0.802. The highest BCUT2D eigenvalue weighted by atomic mass is 32.2. The number of rotatable bonds is 2. The third-order valence-corrected chi connectivity index (χ3v) is 6.93. The number of allylic oxidation sites excluding steroid dienone is 3. The molecule has 6 rings (SSSR count). The standard InChI is InChI=1S/C32H20OS/c1-3-11-24(12-4-1)29-21-23(22-30(33-29)25-13-5-2-6-14-25)19-20-26-27-15-7-9-17-31(27)34-32-18-10-8-16-28(26)32/h1-18,21-22H. The molecule has 2 aliphatic rings. The van der Waals surface area contributed by atoms with Gasteiger partial charge in [0.15, 0.2) is 0 Å². The first-order valence-electron chi connectivity index (χ1n) is 11.2. The van der Waals surface area contributed by atoms with Crippen molar-refractivity contribution in [1.29, 1.82) is 0 Å². The lowest BCUT2D eigenvalue weighted by Gasteiger charge is -2.20. The van der Waals surface area contributed by atoms with Gasteiger partial charge in [0, 0.05) is 43.2 Å². The van der Waals surface area contributed by atoms with Gasteiger partial charge >= 0.3 is 0 Å². The molecule has 0 bridgehead atoms. The van der Waals surface area contributed by atoms with Crippen LogP contribution in [0.3, 0.4) is 0 Å². The second-order valence-electron chi connectivity index (χ2n) is 8.03. The Morgan fingerprint density at radius 2 is 0.971 bits per heavy atom. The van der Waals surface area contributed by atoms with Crippen LogP contribution in [0.25, 0.3) is 17.1 Å². The Hall–Kier alpha value is -4.19. The molecule has 2 heteroatoms. The quantitative estimate of drug-likeness (QED) is 0.249. The van der Waals surface area contributed by atoms with Crippen molar-refractivity contribution in [3.05, 3.63) is 161 Å². The Labute approximate surface area is 203 Å². The lowest BCUT2D eigenvalue weighted by molar-refractivity contribution is 0.467. The highest BCUT2D eigenvalue weighted by Gasteiger charge is 2.20. The summed E-state index contributed by atoms with van der Waals surface area (Å²) >= 11 is 1.80. The summed E-state index contributed by atoms with van der Waals surface area (Å²) in [5.74, 6) is 1.60. The van der Waals surface area contributed by atoms with Gasteiger partial charge < -0.3 is 4.74 Å². The van der Waals surface area contributed by atoms with Crippen LogP contribution in [0.15, 0.2) is 148 Å². The van der Waals surface area contributed by atoms with Crippen LogP contribution < -0.4 is 0 Å². The van der Waals surface area contributed by atoms with Crippen molar-refractivity contribution in [2.24, 2.45) is 0 Å². The molecule has 0 atom stereocenters. The molecule has 34 heavy (non-hydrogen) atoms. The van der Waals surface area contributed by atoms with Crippen molar-refractivity contribution in [2.75, 3.05) is 0 Å². The molecule has 4 aromatic carbocycles. The monoisotopic (exact) mass is 452 g/mol. The molecule has 0 saturated carbocycles. The molecule has 4 aromatic rings. The van der Waals surface area contributed by atoms with E-state index in [1.54, 1.807) is 11.8 Å².